The Hall–Kier alpha value is -2.08. The molecule has 1 aliphatic heterocycles. The third kappa shape index (κ3) is 2.55. The maximum atomic E-state index is 12.7. The van der Waals surface area contributed by atoms with Crippen molar-refractivity contribution in [1.29, 1.82) is 0 Å². The van der Waals surface area contributed by atoms with E-state index < -0.39 is 0 Å². The molecule has 0 saturated carbocycles. The molecule has 0 amide bonds. The number of hydrogen-bond donors (Lipinski definition) is 1. The van der Waals surface area contributed by atoms with Crippen LogP contribution in [-0.2, 0) is 4.79 Å². The maximum Gasteiger partial charge on any atom is 0.227 e. The van der Waals surface area contributed by atoms with Crippen molar-refractivity contribution in [3.63, 3.8) is 0 Å². The second-order valence-electron chi connectivity index (χ2n) is 6.20. The van der Waals surface area contributed by atoms with Crippen LogP contribution >= 0.6 is 11.8 Å². The zero-order chi connectivity index (χ0) is 16.7. The largest absolute Gasteiger partial charge is 0.328 e. The molecule has 1 N–H and O–H groups in total. The molecule has 2 aromatic rings. The minimum atomic E-state index is -0.177. The van der Waals surface area contributed by atoms with E-state index in [2.05, 4.69) is 53.5 Å². The third-order valence-electron chi connectivity index (χ3n) is 4.52. The molecule has 5 nitrogen and oxygen atoms in total. The first kappa shape index (κ1) is 15.4. The second-order valence-corrected chi connectivity index (χ2v) is 7.43. The highest BCUT2D eigenvalue weighted by molar-refractivity contribution is 7.99. The van der Waals surface area contributed by atoms with Crippen LogP contribution in [0, 0.1) is 6.92 Å². The van der Waals surface area contributed by atoms with Crippen LogP contribution < -0.4 is 5.32 Å². The number of nitrogens with zero attached hydrogens (tertiary/aromatic N) is 3. The van der Waals surface area contributed by atoms with Crippen molar-refractivity contribution in [2.45, 2.75) is 44.3 Å². The molecule has 1 aromatic carbocycles. The predicted octanol–water partition coefficient (Wildman–Crippen LogP) is 3.72. The summed E-state index contributed by atoms with van der Waals surface area (Å²) in [7, 11) is 0. The average Bonchev–Trinajstić information content (AvgIpc) is 2.96. The lowest BCUT2D eigenvalue weighted by molar-refractivity contribution is -0.116. The standard InChI is InChI=1S/C18H20N4OS/c1-3-24-18-20-17-19-13-5-4-6-14(23)15(13)16(22(17)21-18)12-9-7-11(2)8-10-12/h7-10,16H,3-6H2,1-2H3,(H,19,20,21)/t16-/m0/s1. The van der Waals surface area contributed by atoms with Gasteiger partial charge in [0.1, 0.15) is 6.04 Å². The molecule has 4 rings (SSSR count). The van der Waals surface area contributed by atoms with Gasteiger partial charge < -0.3 is 5.32 Å². The molecule has 1 aromatic heterocycles. The second kappa shape index (κ2) is 6.09. The molecule has 0 radical (unpaired) electrons. The van der Waals surface area contributed by atoms with Crippen LogP contribution in [0.15, 0.2) is 40.7 Å². The maximum absolute atomic E-state index is 12.7. The fourth-order valence-electron chi connectivity index (χ4n) is 3.38. The summed E-state index contributed by atoms with van der Waals surface area (Å²) in [6, 6.07) is 8.18. The zero-order valence-corrected chi connectivity index (χ0v) is 14.7. The van der Waals surface area contributed by atoms with Gasteiger partial charge in [-0.1, -0.05) is 48.5 Å². The molecule has 0 unspecified atom stereocenters. The number of allylic oxidation sites excluding steroid dienone is 2. The smallest absolute Gasteiger partial charge is 0.227 e. The van der Waals surface area contributed by atoms with Crippen molar-refractivity contribution in [2.75, 3.05) is 11.1 Å². The average molecular weight is 340 g/mol. The van der Waals surface area contributed by atoms with Crippen molar-refractivity contribution in [3.05, 3.63) is 46.7 Å². The van der Waals surface area contributed by atoms with Gasteiger partial charge >= 0.3 is 0 Å². The summed E-state index contributed by atoms with van der Waals surface area (Å²) >= 11 is 1.62. The summed E-state index contributed by atoms with van der Waals surface area (Å²) in [4.78, 5) is 17.3. The highest BCUT2D eigenvalue weighted by atomic mass is 32.2. The Morgan fingerprint density at radius 1 is 1.29 bits per heavy atom. The molecule has 0 spiro atoms. The van der Waals surface area contributed by atoms with E-state index in [1.165, 1.54) is 5.56 Å². The number of ketones is 1. The molecular weight excluding hydrogens is 320 g/mol. The van der Waals surface area contributed by atoms with E-state index in [1.54, 1.807) is 11.8 Å². The van der Waals surface area contributed by atoms with Gasteiger partial charge in [0.05, 0.1) is 0 Å². The number of nitrogens with one attached hydrogen (secondary N) is 1. The number of aryl methyl sites for hydroxylation is 1. The Labute approximate surface area is 145 Å². The molecule has 2 heterocycles. The lowest BCUT2D eigenvalue weighted by Gasteiger charge is -2.32. The highest BCUT2D eigenvalue weighted by Crippen LogP contribution is 2.40. The summed E-state index contributed by atoms with van der Waals surface area (Å²) < 4.78 is 1.88. The predicted molar refractivity (Wildman–Crippen MR) is 95.2 cm³/mol. The molecular formula is C18H20N4OS. The Kier molecular flexibility index (Phi) is 3.92. The van der Waals surface area contributed by atoms with Crippen LogP contribution in [-0.4, -0.2) is 26.3 Å². The Bertz CT molecular complexity index is 822. The number of rotatable bonds is 3. The number of anilines is 1. The Balaban J connectivity index is 1.87. The van der Waals surface area contributed by atoms with Crippen LogP contribution in [0.25, 0.3) is 0 Å². The normalized spacial score (nSPS) is 19.8. The topological polar surface area (TPSA) is 59.8 Å². The Morgan fingerprint density at radius 3 is 2.83 bits per heavy atom. The van der Waals surface area contributed by atoms with E-state index >= 15 is 0 Å². The van der Waals surface area contributed by atoms with Gasteiger partial charge in [0.25, 0.3) is 0 Å². The summed E-state index contributed by atoms with van der Waals surface area (Å²) in [6.07, 6.45) is 2.41. The number of benzene rings is 1. The van der Waals surface area contributed by atoms with Gasteiger partial charge in [0, 0.05) is 17.7 Å². The van der Waals surface area contributed by atoms with Crippen molar-refractivity contribution in [2.24, 2.45) is 0 Å². The highest BCUT2D eigenvalue weighted by Gasteiger charge is 2.36. The third-order valence-corrected chi connectivity index (χ3v) is 5.24. The van der Waals surface area contributed by atoms with E-state index in [4.69, 9.17) is 0 Å². The van der Waals surface area contributed by atoms with E-state index in [0.717, 1.165) is 46.5 Å². The SMILES string of the molecule is CCSc1nc2n(n1)[C@@H](c1ccc(C)cc1)C1=C(CCCC1=O)N2. The number of Topliss-reactive ketones (excluding diaryl/α,β-unsaturated/α-hetero) is 1. The monoisotopic (exact) mass is 340 g/mol. The van der Waals surface area contributed by atoms with Gasteiger partial charge in [-0.3, -0.25) is 4.79 Å². The molecule has 1 atom stereocenters. The molecule has 24 heavy (non-hydrogen) atoms. The van der Waals surface area contributed by atoms with Gasteiger partial charge in [-0.25, -0.2) is 4.68 Å². The van der Waals surface area contributed by atoms with E-state index in [1.807, 2.05) is 4.68 Å². The lowest BCUT2D eigenvalue weighted by Crippen LogP contribution is -2.31. The fraction of sp³-hybridized carbons (Fsp3) is 0.389. The quantitative estimate of drug-likeness (QED) is 0.863. The first-order valence-corrected chi connectivity index (χ1v) is 9.35. The zero-order valence-electron chi connectivity index (χ0n) is 13.9. The lowest BCUT2D eigenvalue weighted by atomic mass is 9.85. The van der Waals surface area contributed by atoms with E-state index in [9.17, 15) is 4.79 Å². The molecule has 2 aliphatic rings. The molecule has 124 valence electrons. The van der Waals surface area contributed by atoms with Crippen LogP contribution in [0.5, 0.6) is 0 Å². The first-order chi connectivity index (χ1) is 11.7. The fourth-order valence-corrected chi connectivity index (χ4v) is 3.94. The van der Waals surface area contributed by atoms with E-state index in [-0.39, 0.29) is 11.8 Å². The number of carbonyl (C=O) groups excluding carboxylic acids is 1. The van der Waals surface area contributed by atoms with Crippen molar-refractivity contribution >= 4 is 23.5 Å². The minimum absolute atomic E-state index is 0.177. The number of aromatic nitrogens is 3. The first-order valence-electron chi connectivity index (χ1n) is 8.36. The van der Waals surface area contributed by atoms with Gasteiger partial charge in [-0.2, -0.15) is 4.98 Å². The molecule has 6 heteroatoms. The summed E-state index contributed by atoms with van der Waals surface area (Å²) in [6.45, 7) is 4.15. The summed E-state index contributed by atoms with van der Waals surface area (Å²) in [5, 5.41) is 8.77. The van der Waals surface area contributed by atoms with Crippen molar-refractivity contribution < 1.29 is 4.79 Å². The van der Waals surface area contributed by atoms with E-state index in [0.29, 0.717) is 6.42 Å². The number of carbonyl (C=O) groups is 1. The number of hydrogen-bond acceptors (Lipinski definition) is 5. The van der Waals surface area contributed by atoms with Gasteiger partial charge in [0.15, 0.2) is 5.78 Å². The Morgan fingerprint density at radius 2 is 2.08 bits per heavy atom. The van der Waals surface area contributed by atoms with Crippen LogP contribution in [0.3, 0.4) is 0 Å². The molecule has 0 saturated heterocycles. The van der Waals surface area contributed by atoms with Crippen LogP contribution in [0.1, 0.15) is 43.4 Å². The van der Waals surface area contributed by atoms with Crippen LogP contribution in [0.2, 0.25) is 0 Å². The molecule has 1 aliphatic carbocycles. The molecule has 0 fully saturated rings. The minimum Gasteiger partial charge on any atom is -0.328 e. The summed E-state index contributed by atoms with van der Waals surface area (Å²) in [5.41, 5.74) is 4.17. The molecule has 0 bridgehead atoms. The number of fused-ring (bicyclic) bond motifs is 1. The van der Waals surface area contributed by atoms with Crippen molar-refractivity contribution in [3.8, 4) is 0 Å². The van der Waals surface area contributed by atoms with Crippen LogP contribution in [0.4, 0.5) is 5.95 Å². The number of thioether (sulfide) groups is 1. The van der Waals surface area contributed by atoms with Crippen molar-refractivity contribution in [1.82, 2.24) is 14.8 Å². The van der Waals surface area contributed by atoms with Gasteiger partial charge in [0.2, 0.25) is 11.1 Å². The van der Waals surface area contributed by atoms with Gasteiger partial charge in [-0.15, -0.1) is 5.10 Å². The van der Waals surface area contributed by atoms with Gasteiger partial charge in [-0.05, 0) is 31.1 Å². The summed E-state index contributed by atoms with van der Waals surface area (Å²) in [5.74, 6) is 1.88.